The molecule has 1 unspecified atom stereocenters. The number of rotatable bonds is 3. The molecule has 3 nitrogen and oxygen atoms in total. The maximum Gasteiger partial charge on any atom is 0.128 e. The summed E-state index contributed by atoms with van der Waals surface area (Å²) in [6.45, 7) is 6.16. The smallest absolute Gasteiger partial charge is 0.128 e. The summed E-state index contributed by atoms with van der Waals surface area (Å²) in [5, 5.41) is 8.74. The highest BCUT2D eigenvalue weighted by molar-refractivity contribution is 4.89. The van der Waals surface area contributed by atoms with Gasteiger partial charge in [-0.3, -0.25) is 0 Å². The molecule has 1 atom stereocenters. The van der Waals surface area contributed by atoms with Crippen LogP contribution in [0.5, 0.6) is 0 Å². The highest BCUT2D eigenvalue weighted by atomic mass is 16.3. The van der Waals surface area contributed by atoms with Gasteiger partial charge in [-0.2, -0.15) is 0 Å². The summed E-state index contributed by atoms with van der Waals surface area (Å²) in [6.07, 6.45) is 4.18. The molecule has 1 aromatic heterocycles. The first-order valence-corrected chi connectivity index (χ1v) is 4.69. The summed E-state index contributed by atoms with van der Waals surface area (Å²) >= 11 is 0. The Hall–Kier alpha value is -0.960. The van der Waals surface area contributed by atoms with Gasteiger partial charge in [-0.1, -0.05) is 20.8 Å². The zero-order valence-electron chi connectivity index (χ0n) is 8.57. The average Bonchev–Trinajstić information content (AvgIpc) is 2.22. The van der Waals surface area contributed by atoms with E-state index in [0.717, 1.165) is 12.2 Å². The molecule has 0 saturated heterocycles. The fraction of sp³-hybridized carbons (Fsp3) is 0.600. The third kappa shape index (κ3) is 5.31. The van der Waals surface area contributed by atoms with Crippen molar-refractivity contribution in [2.45, 2.75) is 27.2 Å². The summed E-state index contributed by atoms with van der Waals surface area (Å²) in [5.74, 6) is 1.05. The fourth-order valence-corrected chi connectivity index (χ4v) is 0.812. The van der Waals surface area contributed by atoms with E-state index in [-0.39, 0.29) is 12.5 Å². The Morgan fingerprint density at radius 3 is 2.31 bits per heavy atom. The SMILES string of the molecule is CC.CC(CO)Cc1ncccn1. The number of hydrogen-bond acceptors (Lipinski definition) is 3. The average molecular weight is 182 g/mol. The van der Waals surface area contributed by atoms with E-state index in [1.54, 1.807) is 18.5 Å². The van der Waals surface area contributed by atoms with E-state index < -0.39 is 0 Å². The Morgan fingerprint density at radius 1 is 1.31 bits per heavy atom. The summed E-state index contributed by atoms with van der Waals surface area (Å²) in [7, 11) is 0. The van der Waals surface area contributed by atoms with Crippen molar-refractivity contribution in [3.63, 3.8) is 0 Å². The molecule has 0 aliphatic heterocycles. The third-order valence-corrected chi connectivity index (χ3v) is 1.46. The molecular formula is C10H18N2O. The first-order chi connectivity index (χ1) is 6.33. The van der Waals surface area contributed by atoms with Crippen LogP contribution in [0, 0.1) is 5.92 Å². The van der Waals surface area contributed by atoms with Crippen molar-refractivity contribution in [2.24, 2.45) is 5.92 Å². The number of nitrogens with zero attached hydrogens (tertiary/aromatic N) is 2. The van der Waals surface area contributed by atoms with Crippen molar-refractivity contribution in [3.05, 3.63) is 24.3 Å². The lowest BCUT2D eigenvalue weighted by Gasteiger charge is -2.04. The van der Waals surface area contributed by atoms with Crippen molar-refractivity contribution in [1.82, 2.24) is 9.97 Å². The molecule has 1 rings (SSSR count). The molecule has 0 spiro atoms. The minimum atomic E-state index is 0.193. The second-order valence-corrected chi connectivity index (χ2v) is 2.66. The Balaban J connectivity index is 0.000000671. The van der Waals surface area contributed by atoms with Gasteiger partial charge in [-0.25, -0.2) is 9.97 Å². The monoisotopic (exact) mass is 182 g/mol. The lowest BCUT2D eigenvalue weighted by Crippen LogP contribution is -2.07. The van der Waals surface area contributed by atoms with Crippen LogP contribution in [-0.4, -0.2) is 21.7 Å². The zero-order chi connectivity index (χ0) is 10.1. The first-order valence-electron chi connectivity index (χ1n) is 4.69. The fourth-order valence-electron chi connectivity index (χ4n) is 0.812. The summed E-state index contributed by atoms with van der Waals surface area (Å²) in [6, 6.07) is 1.78. The Morgan fingerprint density at radius 2 is 1.85 bits per heavy atom. The highest BCUT2D eigenvalue weighted by Gasteiger charge is 2.02. The van der Waals surface area contributed by atoms with Gasteiger partial charge in [-0.05, 0) is 12.0 Å². The van der Waals surface area contributed by atoms with E-state index in [9.17, 15) is 0 Å². The van der Waals surface area contributed by atoms with Gasteiger partial charge < -0.3 is 5.11 Å². The molecule has 1 N–H and O–H groups in total. The van der Waals surface area contributed by atoms with Crippen LogP contribution in [0.15, 0.2) is 18.5 Å². The van der Waals surface area contributed by atoms with Crippen molar-refractivity contribution in [2.75, 3.05) is 6.61 Å². The lowest BCUT2D eigenvalue weighted by atomic mass is 10.1. The second kappa shape index (κ2) is 7.68. The van der Waals surface area contributed by atoms with Crippen molar-refractivity contribution in [1.29, 1.82) is 0 Å². The van der Waals surface area contributed by atoms with Crippen LogP contribution in [0.4, 0.5) is 0 Å². The molecule has 1 heterocycles. The van der Waals surface area contributed by atoms with Gasteiger partial charge in [0, 0.05) is 25.4 Å². The van der Waals surface area contributed by atoms with Gasteiger partial charge in [0.05, 0.1) is 0 Å². The molecule has 0 amide bonds. The van der Waals surface area contributed by atoms with Gasteiger partial charge in [-0.15, -0.1) is 0 Å². The summed E-state index contributed by atoms with van der Waals surface area (Å²) in [5.41, 5.74) is 0. The third-order valence-electron chi connectivity index (χ3n) is 1.46. The molecule has 0 bridgehead atoms. The van der Waals surface area contributed by atoms with Crippen LogP contribution in [0.25, 0.3) is 0 Å². The van der Waals surface area contributed by atoms with Crippen LogP contribution in [0.2, 0.25) is 0 Å². The molecule has 1 aromatic rings. The Kier molecular flexibility index (Phi) is 7.11. The van der Waals surface area contributed by atoms with Gasteiger partial charge in [0.25, 0.3) is 0 Å². The molecule has 0 aliphatic rings. The van der Waals surface area contributed by atoms with Crippen LogP contribution >= 0.6 is 0 Å². The molecular weight excluding hydrogens is 164 g/mol. The highest BCUT2D eigenvalue weighted by Crippen LogP contribution is 2.00. The first kappa shape index (κ1) is 12.0. The van der Waals surface area contributed by atoms with Crippen LogP contribution in [-0.2, 0) is 6.42 Å². The van der Waals surface area contributed by atoms with E-state index in [1.165, 1.54) is 0 Å². The van der Waals surface area contributed by atoms with Gasteiger partial charge in [0.1, 0.15) is 5.82 Å². The minimum absolute atomic E-state index is 0.193. The standard InChI is InChI=1S/C8H12N2O.C2H6/c1-7(6-11)5-8-9-3-2-4-10-8;1-2/h2-4,7,11H,5-6H2,1H3;1-2H3. The zero-order valence-corrected chi connectivity index (χ0v) is 8.57. The predicted molar refractivity (Wildman–Crippen MR) is 53.3 cm³/mol. The van der Waals surface area contributed by atoms with Crippen LogP contribution in [0.3, 0.4) is 0 Å². The molecule has 0 radical (unpaired) electrons. The topological polar surface area (TPSA) is 46.0 Å². The van der Waals surface area contributed by atoms with E-state index in [1.807, 2.05) is 20.8 Å². The predicted octanol–water partition coefficient (Wildman–Crippen LogP) is 1.67. The second-order valence-electron chi connectivity index (χ2n) is 2.66. The van der Waals surface area contributed by atoms with Crippen LogP contribution in [0.1, 0.15) is 26.6 Å². The summed E-state index contributed by atoms with van der Waals surface area (Å²) in [4.78, 5) is 8.09. The minimum Gasteiger partial charge on any atom is -0.396 e. The van der Waals surface area contributed by atoms with E-state index in [2.05, 4.69) is 9.97 Å². The molecule has 0 aromatic carbocycles. The Bertz CT molecular complexity index is 201. The quantitative estimate of drug-likeness (QED) is 0.773. The molecule has 74 valence electrons. The lowest BCUT2D eigenvalue weighted by molar-refractivity contribution is 0.235. The van der Waals surface area contributed by atoms with E-state index >= 15 is 0 Å². The molecule has 0 saturated carbocycles. The number of aliphatic hydroxyl groups excluding tert-OH is 1. The van der Waals surface area contributed by atoms with Gasteiger partial charge in [0.15, 0.2) is 0 Å². The van der Waals surface area contributed by atoms with E-state index in [0.29, 0.717) is 0 Å². The maximum atomic E-state index is 8.74. The molecule has 0 aliphatic carbocycles. The number of aromatic nitrogens is 2. The largest absolute Gasteiger partial charge is 0.396 e. The Labute approximate surface area is 79.9 Å². The van der Waals surface area contributed by atoms with Gasteiger partial charge >= 0.3 is 0 Å². The van der Waals surface area contributed by atoms with Gasteiger partial charge in [0.2, 0.25) is 0 Å². The number of aliphatic hydroxyl groups is 1. The normalized spacial score (nSPS) is 11.4. The maximum absolute atomic E-state index is 8.74. The van der Waals surface area contributed by atoms with Crippen molar-refractivity contribution >= 4 is 0 Å². The molecule has 0 fully saturated rings. The van der Waals surface area contributed by atoms with Crippen LogP contribution < -0.4 is 0 Å². The molecule has 13 heavy (non-hydrogen) atoms. The van der Waals surface area contributed by atoms with Crippen molar-refractivity contribution < 1.29 is 5.11 Å². The van der Waals surface area contributed by atoms with Crippen molar-refractivity contribution in [3.8, 4) is 0 Å². The number of hydrogen-bond donors (Lipinski definition) is 1. The molecule has 3 heteroatoms. The van der Waals surface area contributed by atoms with E-state index in [4.69, 9.17) is 5.11 Å². The summed E-state index contributed by atoms with van der Waals surface area (Å²) < 4.78 is 0.